The third-order valence-corrected chi connectivity index (χ3v) is 2.83. The van der Waals surface area contributed by atoms with Gasteiger partial charge < -0.3 is 9.84 Å². The third-order valence-electron chi connectivity index (χ3n) is 2.13. The fourth-order valence-electron chi connectivity index (χ4n) is 1.26. The third kappa shape index (κ3) is 3.98. The van der Waals surface area contributed by atoms with Gasteiger partial charge in [-0.1, -0.05) is 18.7 Å². The summed E-state index contributed by atoms with van der Waals surface area (Å²) in [5, 5.41) is 11.6. The van der Waals surface area contributed by atoms with E-state index in [9.17, 15) is 5.11 Å². The van der Waals surface area contributed by atoms with Crippen molar-refractivity contribution in [1.82, 2.24) is 0 Å². The summed E-state index contributed by atoms with van der Waals surface area (Å²) in [5.41, 5.74) is 0.931. The van der Waals surface area contributed by atoms with Crippen molar-refractivity contribution in [3.8, 4) is 5.75 Å². The molecular weight excluding hydrogens is 208 g/mol. The summed E-state index contributed by atoms with van der Waals surface area (Å²) in [4.78, 5) is 0. The summed E-state index contributed by atoms with van der Waals surface area (Å²) in [5.74, 6) is 1.70. The molecule has 2 nitrogen and oxygen atoms in total. The molecule has 0 bridgehead atoms. The minimum absolute atomic E-state index is 0.400. The average Bonchev–Trinajstić information content (AvgIpc) is 2.29. The molecule has 0 aliphatic heterocycles. The minimum atomic E-state index is -0.400. The van der Waals surface area contributed by atoms with Crippen molar-refractivity contribution in [3.05, 3.63) is 41.8 Å². The molecule has 1 atom stereocenters. The minimum Gasteiger partial charge on any atom is -0.497 e. The normalized spacial score (nSPS) is 12.1. The van der Waals surface area contributed by atoms with Gasteiger partial charge in [0.15, 0.2) is 0 Å². The molecule has 0 heterocycles. The Morgan fingerprint density at radius 3 is 2.67 bits per heavy atom. The molecule has 0 fully saturated rings. The van der Waals surface area contributed by atoms with E-state index >= 15 is 0 Å². The van der Waals surface area contributed by atoms with E-state index in [-0.39, 0.29) is 0 Å². The van der Waals surface area contributed by atoms with Gasteiger partial charge in [-0.2, -0.15) is 0 Å². The lowest BCUT2D eigenvalue weighted by Gasteiger charge is -2.10. The molecule has 1 N–H and O–H groups in total. The molecule has 15 heavy (non-hydrogen) atoms. The van der Waals surface area contributed by atoms with E-state index in [1.807, 2.05) is 24.3 Å². The van der Waals surface area contributed by atoms with E-state index in [4.69, 9.17) is 4.74 Å². The Morgan fingerprint density at radius 2 is 2.13 bits per heavy atom. The summed E-state index contributed by atoms with van der Waals surface area (Å²) >= 11 is 1.62. The van der Waals surface area contributed by atoms with E-state index in [1.165, 1.54) is 0 Å². The van der Waals surface area contributed by atoms with E-state index in [0.29, 0.717) is 0 Å². The Hall–Kier alpha value is -0.930. The fraction of sp³-hybridized carbons (Fsp3) is 0.333. The van der Waals surface area contributed by atoms with Crippen LogP contribution in [0, 0.1) is 0 Å². The first-order valence-corrected chi connectivity index (χ1v) is 5.87. The number of aliphatic hydroxyl groups excluding tert-OH is 1. The maximum absolute atomic E-state index is 9.82. The lowest BCUT2D eigenvalue weighted by Crippen LogP contribution is -1.98. The average molecular weight is 224 g/mol. The fourth-order valence-corrected chi connectivity index (χ4v) is 1.78. The maximum atomic E-state index is 9.82. The molecule has 0 saturated heterocycles. The second-order valence-electron chi connectivity index (χ2n) is 3.12. The van der Waals surface area contributed by atoms with E-state index in [1.54, 1.807) is 24.3 Å². The number of aliphatic hydroxyl groups is 1. The molecule has 0 aliphatic rings. The Morgan fingerprint density at radius 1 is 1.47 bits per heavy atom. The van der Waals surface area contributed by atoms with E-state index < -0.39 is 6.10 Å². The molecule has 1 aromatic carbocycles. The molecule has 0 aliphatic carbocycles. The van der Waals surface area contributed by atoms with Crippen LogP contribution in [-0.2, 0) is 0 Å². The van der Waals surface area contributed by atoms with Crippen LogP contribution in [0.4, 0.5) is 0 Å². The highest BCUT2D eigenvalue weighted by Gasteiger charge is 2.06. The van der Waals surface area contributed by atoms with Crippen molar-refractivity contribution in [2.24, 2.45) is 0 Å². The molecule has 1 aromatic rings. The Balaban J connectivity index is 2.50. The van der Waals surface area contributed by atoms with Crippen molar-refractivity contribution in [3.63, 3.8) is 0 Å². The standard InChI is InChI=1S/C12H16O2S/c1-3-15-9-8-12(13)10-4-6-11(14-2)7-5-10/h3-7,12-13H,1,8-9H2,2H3. The zero-order chi connectivity index (χ0) is 11.1. The van der Waals surface area contributed by atoms with Crippen LogP contribution in [0.3, 0.4) is 0 Å². The van der Waals surface area contributed by atoms with Gasteiger partial charge >= 0.3 is 0 Å². The van der Waals surface area contributed by atoms with Crippen molar-refractivity contribution in [2.45, 2.75) is 12.5 Å². The van der Waals surface area contributed by atoms with Gasteiger partial charge in [0.25, 0.3) is 0 Å². The molecule has 1 unspecified atom stereocenters. The number of ether oxygens (including phenoxy) is 1. The maximum Gasteiger partial charge on any atom is 0.118 e. The first-order chi connectivity index (χ1) is 7.27. The molecule has 0 spiro atoms. The van der Waals surface area contributed by atoms with Crippen LogP contribution in [-0.4, -0.2) is 18.0 Å². The quantitative estimate of drug-likeness (QED) is 0.753. The zero-order valence-electron chi connectivity index (χ0n) is 8.85. The van der Waals surface area contributed by atoms with Gasteiger partial charge in [0, 0.05) is 5.75 Å². The monoisotopic (exact) mass is 224 g/mol. The van der Waals surface area contributed by atoms with Crippen molar-refractivity contribution in [2.75, 3.05) is 12.9 Å². The van der Waals surface area contributed by atoms with E-state index in [0.717, 1.165) is 23.5 Å². The molecule has 0 saturated carbocycles. The van der Waals surface area contributed by atoms with Gasteiger partial charge in [0.05, 0.1) is 13.2 Å². The van der Waals surface area contributed by atoms with Crippen molar-refractivity contribution >= 4 is 11.8 Å². The highest BCUT2D eigenvalue weighted by Crippen LogP contribution is 2.21. The number of hydrogen-bond acceptors (Lipinski definition) is 3. The summed E-state index contributed by atoms with van der Waals surface area (Å²) in [7, 11) is 1.63. The second kappa shape index (κ2) is 6.53. The molecule has 1 rings (SSSR count). The zero-order valence-corrected chi connectivity index (χ0v) is 9.67. The predicted octanol–water partition coefficient (Wildman–Crippen LogP) is 3.00. The largest absolute Gasteiger partial charge is 0.497 e. The van der Waals surface area contributed by atoms with Crippen LogP contribution in [0.2, 0.25) is 0 Å². The second-order valence-corrected chi connectivity index (χ2v) is 4.19. The lowest BCUT2D eigenvalue weighted by atomic mass is 10.1. The van der Waals surface area contributed by atoms with Gasteiger partial charge in [-0.05, 0) is 29.5 Å². The summed E-state index contributed by atoms with van der Waals surface area (Å²) in [6.45, 7) is 3.62. The number of benzene rings is 1. The van der Waals surface area contributed by atoms with Crippen molar-refractivity contribution in [1.29, 1.82) is 0 Å². The van der Waals surface area contributed by atoms with Gasteiger partial charge in [-0.3, -0.25) is 0 Å². The lowest BCUT2D eigenvalue weighted by molar-refractivity contribution is 0.175. The van der Waals surface area contributed by atoms with Gasteiger partial charge in [0.1, 0.15) is 5.75 Å². The number of rotatable bonds is 6. The molecule has 82 valence electrons. The van der Waals surface area contributed by atoms with Crippen molar-refractivity contribution < 1.29 is 9.84 Å². The smallest absolute Gasteiger partial charge is 0.118 e. The van der Waals surface area contributed by atoms with E-state index in [2.05, 4.69) is 6.58 Å². The Bertz CT molecular complexity index is 295. The highest BCUT2D eigenvalue weighted by atomic mass is 32.2. The topological polar surface area (TPSA) is 29.5 Å². The number of methoxy groups -OCH3 is 1. The molecule has 0 amide bonds. The summed E-state index contributed by atoms with van der Waals surface area (Å²) < 4.78 is 5.05. The van der Waals surface area contributed by atoms with Crippen LogP contribution < -0.4 is 4.74 Å². The molecule has 0 radical (unpaired) electrons. The Kier molecular flexibility index (Phi) is 5.29. The molecular formula is C12H16O2S. The van der Waals surface area contributed by atoms with Gasteiger partial charge in [-0.25, -0.2) is 0 Å². The van der Waals surface area contributed by atoms with Gasteiger partial charge in [-0.15, -0.1) is 11.8 Å². The van der Waals surface area contributed by atoms with Crippen LogP contribution >= 0.6 is 11.8 Å². The van der Waals surface area contributed by atoms with Crippen LogP contribution in [0.5, 0.6) is 5.75 Å². The summed E-state index contributed by atoms with van der Waals surface area (Å²) in [6.07, 6.45) is 0.339. The van der Waals surface area contributed by atoms with Crippen LogP contribution in [0.25, 0.3) is 0 Å². The first kappa shape index (κ1) is 12.1. The Labute approximate surface area is 95.0 Å². The SMILES string of the molecule is C=CSCCC(O)c1ccc(OC)cc1. The molecule has 3 heteroatoms. The van der Waals surface area contributed by atoms with Gasteiger partial charge in [0.2, 0.25) is 0 Å². The highest BCUT2D eigenvalue weighted by molar-refractivity contribution is 8.02. The molecule has 0 aromatic heterocycles. The van der Waals surface area contributed by atoms with Crippen LogP contribution in [0.15, 0.2) is 36.3 Å². The summed E-state index contributed by atoms with van der Waals surface area (Å²) in [6, 6.07) is 7.50. The van der Waals surface area contributed by atoms with Crippen LogP contribution in [0.1, 0.15) is 18.1 Å². The first-order valence-electron chi connectivity index (χ1n) is 4.82. The number of thioether (sulfide) groups is 1. The number of hydrogen-bond donors (Lipinski definition) is 1. The predicted molar refractivity (Wildman–Crippen MR) is 65.2 cm³/mol.